The van der Waals surface area contributed by atoms with Crippen LogP contribution in [0, 0.1) is 0 Å². The maximum atomic E-state index is 11.4. The Morgan fingerprint density at radius 1 is 1.12 bits per heavy atom. The third-order valence-electron chi connectivity index (χ3n) is 3.04. The van der Waals surface area contributed by atoms with Crippen LogP contribution in [0.4, 0.5) is 0 Å². The van der Waals surface area contributed by atoms with Gasteiger partial charge in [-0.1, -0.05) is 15.9 Å². The Balaban J connectivity index is 2.47. The van der Waals surface area contributed by atoms with Gasteiger partial charge in [0.15, 0.2) is 0 Å². The number of H-pyrrole nitrogens is 2. The van der Waals surface area contributed by atoms with Crippen LogP contribution >= 0.6 is 15.9 Å². The molecule has 0 amide bonds. The van der Waals surface area contributed by atoms with Gasteiger partial charge >= 0.3 is 11.1 Å². The first-order valence-corrected chi connectivity index (χ1v) is 6.13. The molecule has 1 aromatic heterocycles. The van der Waals surface area contributed by atoms with Gasteiger partial charge in [-0.25, -0.2) is 0 Å². The van der Waals surface area contributed by atoms with Crippen LogP contribution in [-0.4, -0.2) is 16.5 Å². The second-order valence-corrected chi connectivity index (χ2v) is 4.93. The van der Waals surface area contributed by atoms with E-state index in [-0.39, 0.29) is 0 Å². The SMILES string of the molecule is O=c1[nH]c2cc(Br)c3c(c2[nH]c1=O)CNCC3. The van der Waals surface area contributed by atoms with Crippen molar-refractivity contribution in [2.24, 2.45) is 0 Å². The fourth-order valence-electron chi connectivity index (χ4n) is 2.23. The van der Waals surface area contributed by atoms with E-state index >= 15 is 0 Å². The predicted molar refractivity (Wildman–Crippen MR) is 68.3 cm³/mol. The van der Waals surface area contributed by atoms with Gasteiger partial charge in [0.25, 0.3) is 0 Å². The molecule has 0 atom stereocenters. The van der Waals surface area contributed by atoms with Crippen molar-refractivity contribution in [3.8, 4) is 0 Å². The van der Waals surface area contributed by atoms with Crippen molar-refractivity contribution < 1.29 is 0 Å². The third-order valence-corrected chi connectivity index (χ3v) is 3.75. The molecule has 1 aliphatic rings. The van der Waals surface area contributed by atoms with E-state index in [1.807, 2.05) is 6.07 Å². The van der Waals surface area contributed by atoms with Crippen molar-refractivity contribution in [1.29, 1.82) is 0 Å². The fraction of sp³-hybridized carbons (Fsp3) is 0.273. The normalized spacial score (nSPS) is 14.9. The lowest BCUT2D eigenvalue weighted by atomic mass is 9.99. The van der Waals surface area contributed by atoms with Gasteiger partial charge in [0.1, 0.15) is 0 Å². The lowest BCUT2D eigenvalue weighted by molar-refractivity contribution is 0.645. The van der Waals surface area contributed by atoms with Crippen LogP contribution in [0.25, 0.3) is 11.0 Å². The van der Waals surface area contributed by atoms with Crippen molar-refractivity contribution in [2.45, 2.75) is 13.0 Å². The maximum Gasteiger partial charge on any atom is 0.314 e. The maximum absolute atomic E-state index is 11.4. The summed E-state index contributed by atoms with van der Waals surface area (Å²) >= 11 is 3.50. The van der Waals surface area contributed by atoms with E-state index < -0.39 is 11.1 Å². The number of halogens is 1. The summed E-state index contributed by atoms with van der Waals surface area (Å²) in [6, 6.07) is 1.84. The van der Waals surface area contributed by atoms with E-state index in [0.29, 0.717) is 12.1 Å². The van der Waals surface area contributed by atoms with Crippen LogP contribution in [0.1, 0.15) is 11.1 Å². The summed E-state index contributed by atoms with van der Waals surface area (Å²) in [7, 11) is 0. The number of rotatable bonds is 0. The topological polar surface area (TPSA) is 77.8 Å². The van der Waals surface area contributed by atoms with Gasteiger partial charge in [-0.05, 0) is 30.2 Å². The van der Waals surface area contributed by atoms with E-state index in [1.54, 1.807) is 0 Å². The summed E-state index contributed by atoms with van der Waals surface area (Å²) in [5, 5.41) is 3.26. The average Bonchev–Trinajstić information content (AvgIpc) is 2.32. The summed E-state index contributed by atoms with van der Waals surface area (Å²) in [6.07, 6.45) is 0.910. The van der Waals surface area contributed by atoms with E-state index in [4.69, 9.17) is 0 Å². The zero-order chi connectivity index (χ0) is 12.0. The van der Waals surface area contributed by atoms with Crippen molar-refractivity contribution in [3.63, 3.8) is 0 Å². The van der Waals surface area contributed by atoms with E-state index in [2.05, 4.69) is 31.2 Å². The molecule has 0 aliphatic carbocycles. The molecule has 3 rings (SSSR count). The molecule has 5 nitrogen and oxygen atoms in total. The summed E-state index contributed by atoms with van der Waals surface area (Å²) in [5.41, 5.74) is 2.40. The Morgan fingerprint density at radius 3 is 2.71 bits per heavy atom. The molecule has 2 heterocycles. The number of fused-ring (bicyclic) bond motifs is 3. The third kappa shape index (κ3) is 1.64. The monoisotopic (exact) mass is 295 g/mol. The first kappa shape index (κ1) is 10.7. The molecular weight excluding hydrogens is 286 g/mol. The standard InChI is InChI=1S/C11H10BrN3O2/c12-7-3-8-9(15-11(17)10(16)14-8)6-4-13-2-1-5(6)7/h3,13H,1-2,4H2,(H,14,16)(H,15,17). The van der Waals surface area contributed by atoms with Crippen molar-refractivity contribution in [1.82, 2.24) is 15.3 Å². The first-order chi connectivity index (χ1) is 8.16. The molecule has 1 aliphatic heterocycles. The molecule has 3 N–H and O–H groups in total. The Bertz CT molecular complexity index is 717. The first-order valence-electron chi connectivity index (χ1n) is 5.34. The second-order valence-electron chi connectivity index (χ2n) is 4.07. The molecule has 0 fully saturated rings. The number of hydrogen-bond acceptors (Lipinski definition) is 3. The number of aromatic nitrogens is 2. The predicted octanol–water partition coefficient (Wildman–Crippen LogP) is 0.625. The highest BCUT2D eigenvalue weighted by molar-refractivity contribution is 9.10. The number of nitrogens with one attached hydrogen (secondary N) is 3. The van der Waals surface area contributed by atoms with Crippen LogP contribution in [0.2, 0.25) is 0 Å². The molecule has 0 saturated heterocycles. The van der Waals surface area contributed by atoms with Crippen LogP contribution in [0.15, 0.2) is 20.1 Å². The molecule has 6 heteroatoms. The van der Waals surface area contributed by atoms with Crippen LogP contribution in [-0.2, 0) is 13.0 Å². The fourth-order valence-corrected chi connectivity index (χ4v) is 2.89. The number of aromatic amines is 2. The lowest BCUT2D eigenvalue weighted by Crippen LogP contribution is -2.31. The number of benzene rings is 1. The van der Waals surface area contributed by atoms with Gasteiger partial charge in [-0.15, -0.1) is 0 Å². The zero-order valence-corrected chi connectivity index (χ0v) is 10.5. The Labute approximate surface area is 104 Å². The minimum absolute atomic E-state index is 0.604. The quantitative estimate of drug-likeness (QED) is 0.624. The van der Waals surface area contributed by atoms with E-state index in [9.17, 15) is 9.59 Å². The second kappa shape index (κ2) is 3.82. The minimum Gasteiger partial charge on any atom is -0.316 e. The minimum atomic E-state index is -0.617. The van der Waals surface area contributed by atoms with Gasteiger partial charge in [0.2, 0.25) is 0 Å². The largest absolute Gasteiger partial charge is 0.316 e. The van der Waals surface area contributed by atoms with E-state index in [1.165, 1.54) is 5.56 Å². The van der Waals surface area contributed by atoms with Gasteiger partial charge in [-0.3, -0.25) is 9.59 Å². The molecule has 0 bridgehead atoms. The molecular formula is C11H10BrN3O2. The van der Waals surface area contributed by atoms with Gasteiger partial charge in [0, 0.05) is 11.0 Å². The van der Waals surface area contributed by atoms with Crippen LogP contribution in [0.3, 0.4) is 0 Å². The molecule has 0 saturated carbocycles. The summed E-state index contributed by atoms with van der Waals surface area (Å²) < 4.78 is 0.976. The Hall–Kier alpha value is -1.40. The highest BCUT2D eigenvalue weighted by atomic mass is 79.9. The Kier molecular flexibility index (Phi) is 2.41. The summed E-state index contributed by atoms with van der Waals surface area (Å²) in [4.78, 5) is 27.9. The van der Waals surface area contributed by atoms with Crippen molar-refractivity contribution in [2.75, 3.05) is 6.54 Å². The van der Waals surface area contributed by atoms with Gasteiger partial charge < -0.3 is 15.3 Å². The molecule has 0 spiro atoms. The van der Waals surface area contributed by atoms with Crippen molar-refractivity contribution >= 4 is 27.0 Å². The van der Waals surface area contributed by atoms with Gasteiger partial charge in [-0.2, -0.15) is 0 Å². The van der Waals surface area contributed by atoms with E-state index in [0.717, 1.165) is 28.5 Å². The summed E-state index contributed by atoms with van der Waals surface area (Å²) in [6.45, 7) is 1.62. The van der Waals surface area contributed by atoms with Crippen LogP contribution < -0.4 is 16.4 Å². The molecule has 1 aromatic carbocycles. The average molecular weight is 296 g/mol. The smallest absolute Gasteiger partial charge is 0.314 e. The highest BCUT2D eigenvalue weighted by Gasteiger charge is 2.16. The summed E-state index contributed by atoms with van der Waals surface area (Å²) in [5.74, 6) is 0. The number of hydrogen-bond donors (Lipinski definition) is 3. The Morgan fingerprint density at radius 2 is 1.88 bits per heavy atom. The highest BCUT2D eigenvalue weighted by Crippen LogP contribution is 2.28. The molecule has 88 valence electrons. The lowest BCUT2D eigenvalue weighted by Gasteiger charge is -2.20. The molecule has 17 heavy (non-hydrogen) atoms. The molecule has 2 aromatic rings. The molecule has 0 unspecified atom stereocenters. The van der Waals surface area contributed by atoms with Crippen LogP contribution in [0.5, 0.6) is 0 Å². The van der Waals surface area contributed by atoms with Crippen molar-refractivity contribution in [3.05, 3.63) is 42.4 Å². The van der Waals surface area contributed by atoms with Gasteiger partial charge in [0.05, 0.1) is 11.0 Å². The molecule has 0 radical (unpaired) electrons. The zero-order valence-electron chi connectivity index (χ0n) is 8.89.